The number of amides is 2. The third-order valence-electron chi connectivity index (χ3n) is 7.41. The van der Waals surface area contributed by atoms with Crippen LogP contribution in [0.4, 0.5) is 5.69 Å². The van der Waals surface area contributed by atoms with Crippen LogP contribution < -0.4 is 9.62 Å². The van der Waals surface area contributed by atoms with E-state index in [1.807, 2.05) is 82.3 Å². The van der Waals surface area contributed by atoms with E-state index < -0.39 is 34.1 Å². The van der Waals surface area contributed by atoms with Gasteiger partial charge >= 0.3 is 0 Å². The molecule has 0 heterocycles. The second-order valence-corrected chi connectivity index (χ2v) is 15.5. The number of benzene rings is 4. The summed E-state index contributed by atoms with van der Waals surface area (Å²) < 4.78 is 30.5. The normalized spacial score (nSPS) is 12.3. The van der Waals surface area contributed by atoms with E-state index in [1.54, 1.807) is 37.3 Å². The minimum Gasteiger partial charge on any atom is -0.350 e. The molecule has 0 saturated carbocycles. The summed E-state index contributed by atoms with van der Waals surface area (Å²) in [6, 6.07) is 27.4. The summed E-state index contributed by atoms with van der Waals surface area (Å²) in [7, 11) is -4.23. The second-order valence-electron chi connectivity index (χ2n) is 12.3. The lowest BCUT2D eigenvalue weighted by atomic mass is 10.0. The molecule has 0 unspecified atom stereocenters. The highest BCUT2D eigenvalue weighted by molar-refractivity contribution is 9.10. The van der Waals surface area contributed by atoms with Crippen LogP contribution >= 0.6 is 27.5 Å². The van der Waals surface area contributed by atoms with E-state index in [2.05, 4.69) is 21.2 Å². The Balaban J connectivity index is 1.85. The molecule has 242 valence electrons. The first kappa shape index (κ1) is 35.2. The van der Waals surface area contributed by atoms with Gasteiger partial charge in [-0.1, -0.05) is 93.8 Å². The zero-order chi connectivity index (χ0) is 33.6. The molecule has 0 radical (unpaired) electrons. The van der Waals surface area contributed by atoms with Crippen molar-refractivity contribution in [3.8, 4) is 0 Å². The highest BCUT2D eigenvalue weighted by atomic mass is 79.9. The van der Waals surface area contributed by atoms with Gasteiger partial charge in [0.05, 0.1) is 10.6 Å². The van der Waals surface area contributed by atoms with Crippen molar-refractivity contribution in [3.63, 3.8) is 0 Å². The van der Waals surface area contributed by atoms with Crippen LogP contribution in [0.15, 0.2) is 106 Å². The lowest BCUT2D eigenvalue weighted by Gasteiger charge is -2.35. The Labute approximate surface area is 285 Å². The lowest BCUT2D eigenvalue weighted by molar-refractivity contribution is -0.140. The number of halogens is 2. The molecule has 7 nitrogen and oxygen atoms in total. The predicted molar refractivity (Wildman–Crippen MR) is 188 cm³/mol. The van der Waals surface area contributed by atoms with Crippen LogP contribution in [0, 0.1) is 13.8 Å². The van der Waals surface area contributed by atoms with Crippen LogP contribution in [0.2, 0.25) is 5.02 Å². The van der Waals surface area contributed by atoms with Crippen molar-refractivity contribution in [1.29, 1.82) is 0 Å². The minimum atomic E-state index is -4.23. The van der Waals surface area contributed by atoms with Gasteiger partial charge in [0, 0.05) is 28.0 Å². The number of hydrogen-bond donors (Lipinski definition) is 1. The van der Waals surface area contributed by atoms with E-state index >= 15 is 0 Å². The smallest absolute Gasteiger partial charge is 0.264 e. The molecule has 0 saturated heterocycles. The van der Waals surface area contributed by atoms with Gasteiger partial charge in [-0.2, -0.15) is 0 Å². The second kappa shape index (κ2) is 14.8. The van der Waals surface area contributed by atoms with Crippen LogP contribution in [0.25, 0.3) is 0 Å². The third kappa shape index (κ3) is 8.99. The summed E-state index contributed by atoms with van der Waals surface area (Å²) in [5.74, 6) is -0.883. The van der Waals surface area contributed by atoms with Gasteiger partial charge in [0.1, 0.15) is 12.6 Å². The summed E-state index contributed by atoms with van der Waals surface area (Å²) in [4.78, 5) is 30.2. The first-order valence-electron chi connectivity index (χ1n) is 14.9. The van der Waals surface area contributed by atoms with Gasteiger partial charge in [0.2, 0.25) is 11.8 Å². The Hall–Kier alpha value is -3.66. The summed E-state index contributed by atoms with van der Waals surface area (Å²) in [5, 5.41) is 3.41. The number of rotatable bonds is 11. The molecule has 10 heteroatoms. The zero-order valence-corrected chi connectivity index (χ0v) is 29.8. The van der Waals surface area contributed by atoms with Crippen LogP contribution in [-0.4, -0.2) is 43.3 Å². The van der Waals surface area contributed by atoms with Crippen LogP contribution in [0.1, 0.15) is 43.0 Å². The third-order valence-corrected chi connectivity index (χ3v) is 10.1. The molecule has 0 aromatic heterocycles. The monoisotopic (exact) mass is 723 g/mol. The first-order chi connectivity index (χ1) is 21.7. The average Bonchev–Trinajstić information content (AvgIpc) is 2.99. The van der Waals surface area contributed by atoms with Crippen molar-refractivity contribution in [2.24, 2.45) is 0 Å². The number of aryl methyl sites for hydroxylation is 1. The molecule has 0 aliphatic carbocycles. The van der Waals surface area contributed by atoms with Crippen molar-refractivity contribution >= 4 is 55.1 Å². The molecule has 4 rings (SSSR count). The van der Waals surface area contributed by atoms with E-state index in [0.29, 0.717) is 10.6 Å². The molecular formula is C36H39BrClN3O4S. The largest absolute Gasteiger partial charge is 0.350 e. The molecule has 4 aromatic carbocycles. The van der Waals surface area contributed by atoms with Crippen LogP contribution in [0.3, 0.4) is 0 Å². The van der Waals surface area contributed by atoms with Crippen molar-refractivity contribution in [1.82, 2.24) is 10.2 Å². The van der Waals surface area contributed by atoms with E-state index in [1.165, 1.54) is 17.0 Å². The number of nitrogens with one attached hydrogen (secondary N) is 1. The van der Waals surface area contributed by atoms with Crippen molar-refractivity contribution in [2.45, 2.75) is 64.1 Å². The predicted octanol–water partition coefficient (Wildman–Crippen LogP) is 7.47. The van der Waals surface area contributed by atoms with E-state index in [-0.39, 0.29) is 29.5 Å². The molecule has 0 spiro atoms. The topological polar surface area (TPSA) is 86.8 Å². The van der Waals surface area contributed by atoms with Gasteiger partial charge in [-0.15, -0.1) is 0 Å². The molecule has 4 aromatic rings. The number of anilines is 1. The zero-order valence-electron chi connectivity index (χ0n) is 26.6. The number of carbonyl (C=O) groups excluding carboxylic acids is 2. The molecule has 0 aliphatic heterocycles. The van der Waals surface area contributed by atoms with Crippen molar-refractivity contribution < 1.29 is 18.0 Å². The van der Waals surface area contributed by atoms with Crippen molar-refractivity contribution in [2.75, 3.05) is 10.8 Å². The number of nitrogens with zero attached hydrogens (tertiary/aromatic N) is 2. The maximum atomic E-state index is 14.6. The molecule has 0 bridgehead atoms. The summed E-state index contributed by atoms with van der Waals surface area (Å²) >= 11 is 9.97. The summed E-state index contributed by atoms with van der Waals surface area (Å²) in [5.41, 5.74) is 2.75. The molecule has 46 heavy (non-hydrogen) atoms. The fourth-order valence-electron chi connectivity index (χ4n) is 5.06. The van der Waals surface area contributed by atoms with Crippen molar-refractivity contribution in [3.05, 3.63) is 129 Å². The number of carbonyl (C=O) groups is 2. The average molecular weight is 725 g/mol. The standard InChI is InChI=1S/C36H39BrClN3O4S/c1-25-17-19-30(20-18-25)46(44,45)41(32-16-10-15-31(38)26(32)2)24-34(42)40(23-28-13-9-14-29(37)21-28)33(35(43)39-36(3,4)5)22-27-11-7-6-8-12-27/h6-21,33H,22-24H2,1-5H3,(H,39,43)/t33-/m0/s1. The summed E-state index contributed by atoms with van der Waals surface area (Å²) in [6.45, 7) is 8.73. The Morgan fingerprint density at radius 3 is 2.13 bits per heavy atom. The Bertz CT molecular complexity index is 1790. The fraction of sp³-hybridized carbons (Fsp3) is 0.278. The summed E-state index contributed by atoms with van der Waals surface area (Å²) in [6.07, 6.45) is 0.226. The fourth-order valence-corrected chi connectivity index (χ4v) is 7.14. The molecule has 1 N–H and O–H groups in total. The maximum absolute atomic E-state index is 14.6. The highest BCUT2D eigenvalue weighted by Crippen LogP contribution is 2.31. The van der Waals surface area contributed by atoms with E-state index in [4.69, 9.17) is 11.6 Å². The van der Waals surface area contributed by atoms with Gasteiger partial charge in [-0.05, 0) is 87.7 Å². The van der Waals surface area contributed by atoms with Gasteiger partial charge in [-0.3, -0.25) is 13.9 Å². The van der Waals surface area contributed by atoms with Gasteiger partial charge in [0.15, 0.2) is 0 Å². The number of sulfonamides is 1. The Morgan fingerprint density at radius 2 is 1.50 bits per heavy atom. The van der Waals surface area contributed by atoms with Gasteiger partial charge in [0.25, 0.3) is 10.0 Å². The van der Waals surface area contributed by atoms with Crippen LogP contribution in [0.5, 0.6) is 0 Å². The molecule has 0 fully saturated rings. The molecule has 0 aliphatic rings. The maximum Gasteiger partial charge on any atom is 0.264 e. The van der Waals surface area contributed by atoms with E-state index in [0.717, 1.165) is 25.5 Å². The molecule has 2 amide bonds. The highest BCUT2D eigenvalue weighted by Gasteiger charge is 2.36. The molecular weight excluding hydrogens is 686 g/mol. The van der Waals surface area contributed by atoms with Gasteiger partial charge < -0.3 is 10.2 Å². The lowest BCUT2D eigenvalue weighted by Crippen LogP contribution is -2.56. The Morgan fingerprint density at radius 1 is 0.870 bits per heavy atom. The first-order valence-corrected chi connectivity index (χ1v) is 17.5. The van der Waals surface area contributed by atoms with Gasteiger partial charge in [-0.25, -0.2) is 8.42 Å². The van der Waals surface area contributed by atoms with Crippen LogP contribution in [-0.2, 0) is 32.6 Å². The molecule has 1 atom stereocenters. The number of hydrogen-bond acceptors (Lipinski definition) is 4. The Kier molecular flexibility index (Phi) is 11.4. The quantitative estimate of drug-likeness (QED) is 0.174. The SMILES string of the molecule is Cc1ccc(S(=O)(=O)N(CC(=O)N(Cc2cccc(Br)c2)[C@@H](Cc2ccccc2)C(=O)NC(C)(C)C)c2cccc(Cl)c2C)cc1. The van der Waals surface area contributed by atoms with E-state index in [9.17, 15) is 18.0 Å². The minimum absolute atomic E-state index is 0.0372.